The molecule has 0 aliphatic carbocycles. The minimum atomic E-state index is -0.182. The van der Waals surface area contributed by atoms with E-state index in [-0.39, 0.29) is 11.4 Å². The van der Waals surface area contributed by atoms with Crippen LogP contribution in [0.5, 0.6) is 0 Å². The third kappa shape index (κ3) is 4.64. The first-order valence-electron chi connectivity index (χ1n) is 4.92. The maximum absolute atomic E-state index is 11.0. The standard InChI is InChI=1S/C12H16INO/c1-9(15)14-12(2,3)8-10-4-6-11(13)7-5-10/h4-7H,8H2,1-3H3,(H,14,15). The summed E-state index contributed by atoms with van der Waals surface area (Å²) >= 11 is 2.28. The zero-order chi connectivity index (χ0) is 11.5. The number of nitrogens with one attached hydrogen (secondary N) is 1. The number of amides is 1. The van der Waals surface area contributed by atoms with Gasteiger partial charge in [-0.2, -0.15) is 0 Å². The zero-order valence-corrected chi connectivity index (χ0v) is 11.5. The molecule has 1 amide bonds. The lowest BCUT2D eigenvalue weighted by atomic mass is 9.95. The molecule has 2 nitrogen and oxygen atoms in total. The number of benzene rings is 1. The van der Waals surface area contributed by atoms with Gasteiger partial charge in [0.2, 0.25) is 5.91 Å². The van der Waals surface area contributed by atoms with Crippen LogP contribution in [0, 0.1) is 3.57 Å². The molecule has 0 aliphatic heterocycles. The molecule has 0 unspecified atom stereocenters. The Hall–Kier alpha value is -0.580. The molecule has 0 atom stereocenters. The first-order valence-corrected chi connectivity index (χ1v) is 6.00. The third-order valence-corrected chi connectivity index (χ3v) is 2.79. The molecule has 82 valence electrons. The van der Waals surface area contributed by atoms with Gasteiger partial charge in [-0.1, -0.05) is 12.1 Å². The smallest absolute Gasteiger partial charge is 0.217 e. The van der Waals surface area contributed by atoms with Gasteiger partial charge < -0.3 is 5.32 Å². The van der Waals surface area contributed by atoms with Crippen molar-refractivity contribution in [1.29, 1.82) is 0 Å². The molecule has 0 spiro atoms. The number of hydrogen-bond donors (Lipinski definition) is 1. The average molecular weight is 317 g/mol. The lowest BCUT2D eigenvalue weighted by molar-refractivity contribution is -0.120. The van der Waals surface area contributed by atoms with Gasteiger partial charge in [-0.25, -0.2) is 0 Å². The summed E-state index contributed by atoms with van der Waals surface area (Å²) in [6.07, 6.45) is 0.851. The van der Waals surface area contributed by atoms with Crippen molar-refractivity contribution in [1.82, 2.24) is 5.32 Å². The number of carbonyl (C=O) groups excluding carboxylic acids is 1. The highest BCUT2D eigenvalue weighted by Crippen LogP contribution is 2.14. The Balaban J connectivity index is 2.68. The van der Waals surface area contributed by atoms with Gasteiger partial charge in [0.15, 0.2) is 0 Å². The van der Waals surface area contributed by atoms with Gasteiger partial charge in [0.1, 0.15) is 0 Å². The quantitative estimate of drug-likeness (QED) is 0.854. The van der Waals surface area contributed by atoms with E-state index in [1.54, 1.807) is 6.92 Å². The van der Waals surface area contributed by atoms with E-state index in [1.165, 1.54) is 9.13 Å². The molecule has 0 saturated heterocycles. The maximum atomic E-state index is 11.0. The highest BCUT2D eigenvalue weighted by atomic mass is 127. The third-order valence-electron chi connectivity index (χ3n) is 2.07. The molecular formula is C12H16INO. The molecule has 1 aromatic rings. The van der Waals surface area contributed by atoms with Crippen molar-refractivity contribution in [2.75, 3.05) is 0 Å². The Morgan fingerprint density at radius 3 is 2.33 bits per heavy atom. The Morgan fingerprint density at radius 2 is 1.87 bits per heavy atom. The van der Waals surface area contributed by atoms with Crippen LogP contribution in [0.15, 0.2) is 24.3 Å². The van der Waals surface area contributed by atoms with Crippen LogP contribution < -0.4 is 5.32 Å². The van der Waals surface area contributed by atoms with Crippen LogP contribution in [0.4, 0.5) is 0 Å². The fourth-order valence-electron chi connectivity index (χ4n) is 1.63. The molecular weight excluding hydrogens is 301 g/mol. The van der Waals surface area contributed by atoms with Crippen LogP contribution in [0.1, 0.15) is 26.3 Å². The number of halogens is 1. The minimum absolute atomic E-state index is 0.0190. The fraction of sp³-hybridized carbons (Fsp3) is 0.417. The number of hydrogen-bond acceptors (Lipinski definition) is 1. The van der Waals surface area contributed by atoms with E-state index in [4.69, 9.17) is 0 Å². The second kappa shape index (κ2) is 4.96. The molecule has 3 heteroatoms. The fourth-order valence-corrected chi connectivity index (χ4v) is 1.99. The van der Waals surface area contributed by atoms with Gasteiger partial charge >= 0.3 is 0 Å². The van der Waals surface area contributed by atoms with Crippen molar-refractivity contribution >= 4 is 28.5 Å². The SMILES string of the molecule is CC(=O)NC(C)(C)Cc1ccc(I)cc1. The first kappa shape index (κ1) is 12.5. The summed E-state index contributed by atoms with van der Waals surface area (Å²) in [5, 5.41) is 2.94. The molecule has 0 aromatic heterocycles. The molecule has 0 fully saturated rings. The normalized spacial score (nSPS) is 11.2. The van der Waals surface area contributed by atoms with E-state index in [9.17, 15) is 4.79 Å². The van der Waals surface area contributed by atoms with Gasteiger partial charge in [0, 0.05) is 16.0 Å². The van der Waals surface area contributed by atoms with Crippen molar-refractivity contribution in [3.8, 4) is 0 Å². The van der Waals surface area contributed by atoms with Crippen molar-refractivity contribution in [2.24, 2.45) is 0 Å². The molecule has 15 heavy (non-hydrogen) atoms. The van der Waals surface area contributed by atoms with Crippen LogP contribution >= 0.6 is 22.6 Å². The largest absolute Gasteiger partial charge is 0.351 e. The Kier molecular flexibility index (Phi) is 4.13. The van der Waals surface area contributed by atoms with Crippen molar-refractivity contribution in [2.45, 2.75) is 32.7 Å². The average Bonchev–Trinajstić information content (AvgIpc) is 2.06. The second-order valence-corrected chi connectivity index (χ2v) is 5.61. The van der Waals surface area contributed by atoms with Crippen molar-refractivity contribution < 1.29 is 4.79 Å². The molecule has 0 aliphatic rings. The van der Waals surface area contributed by atoms with E-state index in [2.05, 4.69) is 52.2 Å². The molecule has 0 saturated carbocycles. The summed E-state index contributed by atoms with van der Waals surface area (Å²) in [5.41, 5.74) is 1.06. The van der Waals surface area contributed by atoms with E-state index in [1.807, 2.05) is 13.8 Å². The van der Waals surface area contributed by atoms with E-state index < -0.39 is 0 Å². The van der Waals surface area contributed by atoms with Gasteiger partial charge in [-0.05, 0) is 60.6 Å². The Labute approximate surface area is 105 Å². The summed E-state index contributed by atoms with van der Waals surface area (Å²) in [4.78, 5) is 11.0. The lowest BCUT2D eigenvalue weighted by Crippen LogP contribution is -2.43. The summed E-state index contributed by atoms with van der Waals surface area (Å²) < 4.78 is 1.23. The summed E-state index contributed by atoms with van der Waals surface area (Å²) in [7, 11) is 0. The molecule has 0 heterocycles. The molecule has 1 rings (SSSR count). The highest BCUT2D eigenvalue weighted by molar-refractivity contribution is 14.1. The van der Waals surface area contributed by atoms with Gasteiger partial charge in [0.05, 0.1) is 0 Å². The molecule has 0 radical (unpaired) electrons. The number of carbonyl (C=O) groups is 1. The predicted octanol–water partition coefficient (Wildman–Crippen LogP) is 2.75. The zero-order valence-electron chi connectivity index (χ0n) is 9.30. The monoisotopic (exact) mass is 317 g/mol. The summed E-state index contributed by atoms with van der Waals surface area (Å²) in [5.74, 6) is 0.0190. The van der Waals surface area contributed by atoms with Crippen LogP contribution in [-0.2, 0) is 11.2 Å². The van der Waals surface area contributed by atoms with Crippen molar-refractivity contribution in [3.63, 3.8) is 0 Å². The highest BCUT2D eigenvalue weighted by Gasteiger charge is 2.18. The Bertz CT molecular complexity index is 343. The van der Waals surface area contributed by atoms with Crippen molar-refractivity contribution in [3.05, 3.63) is 33.4 Å². The van der Waals surface area contributed by atoms with Crippen LogP contribution in [-0.4, -0.2) is 11.4 Å². The topological polar surface area (TPSA) is 29.1 Å². The second-order valence-electron chi connectivity index (χ2n) is 4.37. The van der Waals surface area contributed by atoms with Crippen LogP contribution in [0.25, 0.3) is 0 Å². The van der Waals surface area contributed by atoms with Crippen LogP contribution in [0.2, 0.25) is 0 Å². The predicted molar refractivity (Wildman–Crippen MR) is 70.8 cm³/mol. The van der Waals surface area contributed by atoms with Crippen LogP contribution in [0.3, 0.4) is 0 Å². The maximum Gasteiger partial charge on any atom is 0.217 e. The minimum Gasteiger partial charge on any atom is -0.351 e. The number of rotatable bonds is 3. The summed E-state index contributed by atoms with van der Waals surface area (Å²) in [6.45, 7) is 5.62. The lowest BCUT2D eigenvalue weighted by Gasteiger charge is -2.25. The van der Waals surface area contributed by atoms with E-state index >= 15 is 0 Å². The first-order chi connectivity index (χ1) is 6.89. The van der Waals surface area contributed by atoms with Gasteiger partial charge in [-0.3, -0.25) is 4.79 Å². The van der Waals surface area contributed by atoms with Gasteiger partial charge in [-0.15, -0.1) is 0 Å². The molecule has 0 bridgehead atoms. The molecule has 1 N–H and O–H groups in total. The van der Waals surface area contributed by atoms with Gasteiger partial charge in [0.25, 0.3) is 0 Å². The molecule has 1 aromatic carbocycles. The van der Waals surface area contributed by atoms with E-state index in [0.717, 1.165) is 6.42 Å². The summed E-state index contributed by atoms with van der Waals surface area (Å²) in [6, 6.07) is 8.37. The van der Waals surface area contributed by atoms with E-state index in [0.29, 0.717) is 0 Å². The Morgan fingerprint density at radius 1 is 1.33 bits per heavy atom.